The Hall–Kier alpha value is -2.49. The Morgan fingerprint density at radius 3 is 2.24 bits per heavy atom. The molecule has 234 valence electrons. The predicted molar refractivity (Wildman–Crippen MR) is 147 cm³/mol. The Labute approximate surface area is 247 Å². The first-order valence-corrected chi connectivity index (χ1v) is 15.5. The number of rotatable bonds is 6. The van der Waals surface area contributed by atoms with Crippen LogP contribution >= 0.6 is 0 Å². The maximum atomic E-state index is 13.8. The Morgan fingerprint density at radius 2 is 1.62 bits per heavy atom. The number of carbonyl (C=O) groups is 5. The van der Waals surface area contributed by atoms with E-state index in [-0.39, 0.29) is 64.8 Å². The first-order chi connectivity index (χ1) is 19.7. The van der Waals surface area contributed by atoms with E-state index in [0.717, 1.165) is 19.3 Å². The van der Waals surface area contributed by atoms with Crippen LogP contribution in [0.3, 0.4) is 0 Å². The molecule has 12 unspecified atom stereocenters. The molecule has 0 aromatic rings. The normalized spacial score (nSPS) is 44.5. The highest BCUT2D eigenvalue weighted by Crippen LogP contribution is 2.69. The van der Waals surface area contributed by atoms with Gasteiger partial charge in [-0.05, 0) is 72.5 Å². The molecule has 5 aliphatic rings. The van der Waals surface area contributed by atoms with E-state index in [1.165, 1.54) is 27.9 Å². The number of carbonyl (C=O) groups excluding carboxylic acids is 5. The molecule has 0 aromatic heterocycles. The minimum atomic E-state index is -1.00. The largest absolute Gasteiger partial charge is 0.466 e. The van der Waals surface area contributed by atoms with Crippen LogP contribution < -0.4 is 0 Å². The summed E-state index contributed by atoms with van der Waals surface area (Å²) in [5.74, 6) is -0.805. The van der Waals surface area contributed by atoms with Crippen LogP contribution in [0, 0.1) is 46.3 Å². The molecule has 13 atom stereocenters. The molecule has 10 nitrogen and oxygen atoms in total. The van der Waals surface area contributed by atoms with Crippen molar-refractivity contribution in [3.8, 4) is 0 Å². The number of hydrogen-bond donors (Lipinski definition) is 0. The molecule has 10 heteroatoms. The third-order valence-electron chi connectivity index (χ3n) is 11.9. The van der Waals surface area contributed by atoms with E-state index in [2.05, 4.69) is 20.8 Å². The summed E-state index contributed by atoms with van der Waals surface area (Å²) in [4.78, 5) is 61.7. The van der Waals surface area contributed by atoms with Gasteiger partial charge in [0, 0.05) is 39.5 Å². The van der Waals surface area contributed by atoms with Crippen molar-refractivity contribution in [3.05, 3.63) is 0 Å². The van der Waals surface area contributed by atoms with Gasteiger partial charge in [0.05, 0.1) is 19.3 Å². The summed E-state index contributed by atoms with van der Waals surface area (Å²) in [5, 5.41) is 0. The van der Waals surface area contributed by atoms with Gasteiger partial charge in [0.2, 0.25) is 6.10 Å². The Bertz CT molecular complexity index is 1130. The maximum Gasteiger partial charge on any atom is 0.347 e. The zero-order chi connectivity index (χ0) is 30.7. The molecule has 1 heterocycles. The number of ether oxygens (including phenoxy) is 5. The molecule has 0 bridgehead atoms. The van der Waals surface area contributed by atoms with Gasteiger partial charge in [-0.25, -0.2) is 4.79 Å². The fourth-order valence-electron chi connectivity index (χ4n) is 10.4. The van der Waals surface area contributed by atoms with Crippen LogP contribution in [0.1, 0.15) is 86.5 Å². The lowest BCUT2D eigenvalue weighted by Crippen LogP contribution is -2.60. The van der Waals surface area contributed by atoms with Gasteiger partial charge >= 0.3 is 23.9 Å². The second-order valence-corrected chi connectivity index (χ2v) is 14.1. The topological polar surface area (TPSA) is 132 Å². The number of ketones is 1. The van der Waals surface area contributed by atoms with Crippen molar-refractivity contribution in [1.82, 2.24) is 0 Å². The summed E-state index contributed by atoms with van der Waals surface area (Å²) in [6.45, 7) is 10.7. The van der Waals surface area contributed by atoms with E-state index in [9.17, 15) is 24.0 Å². The van der Waals surface area contributed by atoms with Crippen LogP contribution in [0.25, 0.3) is 0 Å². The number of Topliss-reactive ketones (excluding diaryl/α,β-unsaturated/α-hetero) is 1. The van der Waals surface area contributed by atoms with Crippen LogP contribution in [-0.4, -0.2) is 67.3 Å². The number of methoxy groups -OCH3 is 1. The average Bonchev–Trinajstić information content (AvgIpc) is 3.36. The SMILES string of the molecule is COC(=O)C(CC1OC2CC3C4CC(=O)C5CC(OC(C)=O)C(OC(C)=O)CC5(C)C4CCC3(C)C2[C@@H]1C)OC(C)=O. The summed E-state index contributed by atoms with van der Waals surface area (Å²) in [6.07, 6.45) is 2.02. The molecule has 0 aromatic carbocycles. The highest BCUT2D eigenvalue weighted by atomic mass is 16.6. The molecule has 0 amide bonds. The van der Waals surface area contributed by atoms with Gasteiger partial charge in [-0.3, -0.25) is 19.2 Å². The lowest BCUT2D eigenvalue weighted by molar-refractivity contribution is -0.196. The quantitative estimate of drug-likeness (QED) is 0.332. The highest BCUT2D eigenvalue weighted by Gasteiger charge is 2.68. The third kappa shape index (κ3) is 5.15. The zero-order valence-electron chi connectivity index (χ0n) is 25.9. The summed E-state index contributed by atoms with van der Waals surface area (Å²) in [6, 6.07) is 0. The molecule has 4 aliphatic carbocycles. The van der Waals surface area contributed by atoms with E-state index in [0.29, 0.717) is 25.2 Å². The number of esters is 4. The van der Waals surface area contributed by atoms with Crippen LogP contribution in [0.5, 0.6) is 0 Å². The summed E-state index contributed by atoms with van der Waals surface area (Å²) in [7, 11) is 1.28. The molecular weight excluding hydrogens is 544 g/mol. The van der Waals surface area contributed by atoms with Crippen LogP contribution in [-0.2, 0) is 47.7 Å². The number of fused-ring (bicyclic) bond motifs is 7. The standard InChI is InChI=1S/C32H46O10/c1-15-24(13-27(30(37)38-7)40-17(3)34)42-26-11-21-19-10-23(36)22-12-25(39-16(2)33)28(41-18(4)35)14-32(22,6)20(19)8-9-31(21,5)29(15)26/h15,19-22,24-29H,8-14H2,1-7H3/t15-,19?,20?,21?,22?,24?,25?,26?,27?,28?,29?,31?,32?/m1/s1. The summed E-state index contributed by atoms with van der Waals surface area (Å²) >= 11 is 0. The molecule has 5 fully saturated rings. The molecule has 1 aliphatic heterocycles. The van der Waals surface area contributed by atoms with Crippen molar-refractivity contribution < 1.29 is 47.7 Å². The molecule has 42 heavy (non-hydrogen) atoms. The summed E-state index contributed by atoms with van der Waals surface area (Å²) in [5.41, 5.74) is -0.390. The molecular formula is C32H46O10. The minimum absolute atomic E-state index is 0.00324. The summed E-state index contributed by atoms with van der Waals surface area (Å²) < 4.78 is 28.0. The molecule has 1 saturated heterocycles. The lowest BCUT2D eigenvalue weighted by atomic mass is 9.44. The van der Waals surface area contributed by atoms with Crippen molar-refractivity contribution in [2.45, 2.75) is 117 Å². The molecule has 0 N–H and O–H groups in total. The fourth-order valence-corrected chi connectivity index (χ4v) is 10.4. The lowest BCUT2D eigenvalue weighted by Gasteiger charge is -2.61. The number of hydrogen-bond acceptors (Lipinski definition) is 10. The highest BCUT2D eigenvalue weighted by molar-refractivity contribution is 5.83. The van der Waals surface area contributed by atoms with E-state index >= 15 is 0 Å². The monoisotopic (exact) mass is 590 g/mol. The van der Waals surface area contributed by atoms with Gasteiger partial charge in [0.25, 0.3) is 0 Å². The predicted octanol–water partition coefficient (Wildman–Crippen LogP) is 3.81. The Balaban J connectivity index is 1.36. The van der Waals surface area contributed by atoms with Crippen LogP contribution in [0.2, 0.25) is 0 Å². The first kappa shape index (κ1) is 31.0. The molecule has 0 radical (unpaired) electrons. The smallest absolute Gasteiger partial charge is 0.347 e. The van der Waals surface area contributed by atoms with E-state index in [1.54, 1.807) is 0 Å². The zero-order valence-corrected chi connectivity index (χ0v) is 25.9. The Morgan fingerprint density at radius 1 is 0.952 bits per heavy atom. The van der Waals surface area contributed by atoms with Crippen LogP contribution in [0.15, 0.2) is 0 Å². The van der Waals surface area contributed by atoms with Gasteiger partial charge in [-0.2, -0.15) is 0 Å². The van der Waals surface area contributed by atoms with E-state index in [1.807, 2.05) is 0 Å². The van der Waals surface area contributed by atoms with Gasteiger partial charge < -0.3 is 23.7 Å². The minimum Gasteiger partial charge on any atom is -0.466 e. The van der Waals surface area contributed by atoms with Crippen molar-refractivity contribution in [2.75, 3.05) is 7.11 Å². The van der Waals surface area contributed by atoms with E-state index < -0.39 is 42.2 Å². The van der Waals surface area contributed by atoms with Crippen LogP contribution in [0.4, 0.5) is 0 Å². The molecule has 4 saturated carbocycles. The van der Waals surface area contributed by atoms with Crippen molar-refractivity contribution in [2.24, 2.45) is 46.3 Å². The second kappa shape index (κ2) is 11.2. The fraction of sp³-hybridized carbons (Fsp3) is 0.844. The van der Waals surface area contributed by atoms with Gasteiger partial charge in [-0.1, -0.05) is 20.8 Å². The van der Waals surface area contributed by atoms with Crippen molar-refractivity contribution in [3.63, 3.8) is 0 Å². The van der Waals surface area contributed by atoms with Crippen molar-refractivity contribution >= 4 is 29.7 Å². The molecule has 0 spiro atoms. The first-order valence-electron chi connectivity index (χ1n) is 15.5. The maximum absolute atomic E-state index is 13.8. The van der Waals surface area contributed by atoms with Gasteiger partial charge in [-0.15, -0.1) is 0 Å². The van der Waals surface area contributed by atoms with E-state index in [4.69, 9.17) is 23.7 Å². The van der Waals surface area contributed by atoms with Crippen molar-refractivity contribution in [1.29, 1.82) is 0 Å². The molecule has 5 rings (SSSR count). The van der Waals surface area contributed by atoms with Gasteiger partial charge in [0.1, 0.15) is 18.0 Å². The second-order valence-electron chi connectivity index (χ2n) is 14.1. The average molecular weight is 591 g/mol. The Kier molecular flexibility index (Phi) is 8.26. The van der Waals surface area contributed by atoms with Gasteiger partial charge in [0.15, 0.2) is 0 Å². The third-order valence-corrected chi connectivity index (χ3v) is 11.9.